The van der Waals surface area contributed by atoms with E-state index >= 15 is 0 Å². The Kier molecular flexibility index (Phi) is 5.64. The van der Waals surface area contributed by atoms with E-state index in [2.05, 4.69) is 18.7 Å². The van der Waals surface area contributed by atoms with Crippen LogP contribution in [0.15, 0.2) is 24.3 Å². The first-order valence-electron chi connectivity index (χ1n) is 7.75. The fourth-order valence-corrected chi connectivity index (χ4v) is 3.11. The number of benzene rings is 1. The fourth-order valence-electron chi connectivity index (χ4n) is 3.11. The van der Waals surface area contributed by atoms with Crippen molar-refractivity contribution in [1.82, 2.24) is 4.90 Å². The van der Waals surface area contributed by atoms with E-state index in [0.717, 1.165) is 19.1 Å². The third kappa shape index (κ3) is 4.34. The molecular formula is C16H26BNO2. The van der Waals surface area contributed by atoms with Gasteiger partial charge in [-0.3, -0.25) is 4.90 Å². The molecule has 1 fully saturated rings. The topological polar surface area (TPSA) is 43.7 Å². The minimum atomic E-state index is -1.37. The van der Waals surface area contributed by atoms with Gasteiger partial charge in [0.25, 0.3) is 0 Å². The highest BCUT2D eigenvalue weighted by Crippen LogP contribution is 2.25. The summed E-state index contributed by atoms with van der Waals surface area (Å²) in [6.07, 6.45) is 5.35. The van der Waals surface area contributed by atoms with Crippen molar-refractivity contribution >= 4 is 12.6 Å². The molecule has 20 heavy (non-hydrogen) atoms. The molecule has 4 heteroatoms. The van der Waals surface area contributed by atoms with Crippen LogP contribution >= 0.6 is 0 Å². The van der Waals surface area contributed by atoms with Crippen molar-refractivity contribution in [2.45, 2.75) is 52.1 Å². The summed E-state index contributed by atoms with van der Waals surface area (Å²) in [5, 5.41) is 18.3. The molecule has 1 aliphatic carbocycles. The van der Waals surface area contributed by atoms with Gasteiger partial charge in [0.15, 0.2) is 0 Å². The van der Waals surface area contributed by atoms with Gasteiger partial charge in [0.1, 0.15) is 0 Å². The first-order chi connectivity index (χ1) is 9.56. The molecule has 110 valence electrons. The van der Waals surface area contributed by atoms with Crippen LogP contribution in [-0.4, -0.2) is 34.7 Å². The zero-order valence-electron chi connectivity index (χ0n) is 12.6. The molecule has 0 amide bonds. The normalized spacial score (nSPS) is 16.3. The smallest absolute Gasteiger partial charge is 0.423 e. The molecule has 1 aromatic carbocycles. The van der Waals surface area contributed by atoms with Crippen LogP contribution in [0.2, 0.25) is 0 Å². The molecule has 0 unspecified atom stereocenters. The van der Waals surface area contributed by atoms with E-state index in [9.17, 15) is 0 Å². The predicted molar refractivity (Wildman–Crippen MR) is 83.8 cm³/mol. The highest BCUT2D eigenvalue weighted by molar-refractivity contribution is 6.58. The Balaban J connectivity index is 2.02. The van der Waals surface area contributed by atoms with Gasteiger partial charge in [-0.15, -0.1) is 0 Å². The van der Waals surface area contributed by atoms with Crippen LogP contribution in [0.4, 0.5) is 0 Å². The maximum absolute atomic E-state index is 9.13. The minimum Gasteiger partial charge on any atom is -0.423 e. The molecule has 0 aliphatic heterocycles. The summed E-state index contributed by atoms with van der Waals surface area (Å²) in [6, 6.07) is 8.36. The number of rotatable bonds is 6. The van der Waals surface area contributed by atoms with Gasteiger partial charge in [-0.25, -0.2) is 0 Å². The fraction of sp³-hybridized carbons (Fsp3) is 0.625. The molecule has 2 N–H and O–H groups in total. The average Bonchev–Trinajstić information content (AvgIpc) is 2.92. The molecule has 0 bridgehead atoms. The van der Waals surface area contributed by atoms with Gasteiger partial charge in [0, 0.05) is 19.1 Å². The highest BCUT2D eigenvalue weighted by atomic mass is 16.4. The molecule has 1 aliphatic rings. The van der Waals surface area contributed by atoms with Crippen LogP contribution in [0.3, 0.4) is 0 Å². The van der Waals surface area contributed by atoms with E-state index in [1.54, 1.807) is 0 Å². The Hall–Kier alpha value is -0.835. The summed E-state index contributed by atoms with van der Waals surface area (Å²) < 4.78 is 0. The van der Waals surface area contributed by atoms with E-state index in [4.69, 9.17) is 10.0 Å². The van der Waals surface area contributed by atoms with Crippen molar-refractivity contribution < 1.29 is 10.0 Å². The van der Waals surface area contributed by atoms with Crippen molar-refractivity contribution in [3.05, 3.63) is 29.8 Å². The summed E-state index contributed by atoms with van der Waals surface area (Å²) in [6.45, 7) is 6.64. The second-order valence-corrected chi connectivity index (χ2v) is 6.38. The van der Waals surface area contributed by atoms with Crippen LogP contribution in [0, 0.1) is 5.92 Å². The van der Waals surface area contributed by atoms with Crippen molar-refractivity contribution in [3.63, 3.8) is 0 Å². The summed E-state index contributed by atoms with van der Waals surface area (Å²) in [4.78, 5) is 2.60. The van der Waals surface area contributed by atoms with Crippen LogP contribution in [0.5, 0.6) is 0 Å². The summed E-state index contributed by atoms with van der Waals surface area (Å²) in [7, 11) is -1.37. The van der Waals surface area contributed by atoms with Crippen LogP contribution in [0.1, 0.15) is 45.1 Å². The number of hydrogen-bond acceptors (Lipinski definition) is 3. The molecule has 0 aromatic heterocycles. The van der Waals surface area contributed by atoms with Crippen LogP contribution < -0.4 is 5.46 Å². The molecule has 1 aromatic rings. The Morgan fingerprint density at radius 1 is 1.15 bits per heavy atom. The second kappa shape index (κ2) is 7.25. The third-order valence-corrected chi connectivity index (χ3v) is 4.10. The van der Waals surface area contributed by atoms with Crippen molar-refractivity contribution in [2.75, 3.05) is 6.54 Å². The van der Waals surface area contributed by atoms with Crippen molar-refractivity contribution in [1.29, 1.82) is 0 Å². The van der Waals surface area contributed by atoms with Crippen molar-refractivity contribution in [3.8, 4) is 0 Å². The quantitative estimate of drug-likeness (QED) is 0.778. The van der Waals surface area contributed by atoms with Gasteiger partial charge in [0.05, 0.1) is 0 Å². The van der Waals surface area contributed by atoms with Gasteiger partial charge < -0.3 is 10.0 Å². The lowest BCUT2D eigenvalue weighted by Gasteiger charge is -2.30. The molecular weight excluding hydrogens is 249 g/mol. The lowest BCUT2D eigenvalue weighted by molar-refractivity contribution is 0.168. The maximum Gasteiger partial charge on any atom is 0.488 e. The van der Waals surface area contributed by atoms with Gasteiger partial charge in [-0.05, 0) is 29.8 Å². The third-order valence-electron chi connectivity index (χ3n) is 4.10. The minimum absolute atomic E-state index is 0.560. The van der Waals surface area contributed by atoms with Crippen LogP contribution in [-0.2, 0) is 6.54 Å². The van der Waals surface area contributed by atoms with Crippen LogP contribution in [0.25, 0.3) is 0 Å². The predicted octanol–water partition coefficient (Wildman–Crippen LogP) is 1.77. The van der Waals surface area contributed by atoms with Gasteiger partial charge >= 0.3 is 7.12 Å². The molecule has 0 heterocycles. The SMILES string of the molecule is CC(C)CN(Cc1ccc(B(O)O)cc1)C1CCCC1. The Bertz CT molecular complexity index is 399. The average molecular weight is 275 g/mol. The number of hydrogen-bond donors (Lipinski definition) is 2. The summed E-state index contributed by atoms with van der Waals surface area (Å²) in [5.74, 6) is 0.675. The van der Waals surface area contributed by atoms with Crippen molar-refractivity contribution in [2.24, 2.45) is 5.92 Å². The van der Waals surface area contributed by atoms with E-state index < -0.39 is 7.12 Å². The monoisotopic (exact) mass is 275 g/mol. The zero-order valence-corrected chi connectivity index (χ0v) is 12.6. The Morgan fingerprint density at radius 2 is 1.75 bits per heavy atom. The largest absolute Gasteiger partial charge is 0.488 e. The van der Waals surface area contributed by atoms with E-state index in [0.29, 0.717) is 11.4 Å². The molecule has 2 rings (SSSR count). The Morgan fingerprint density at radius 3 is 2.25 bits per heavy atom. The maximum atomic E-state index is 9.13. The lowest BCUT2D eigenvalue weighted by Crippen LogP contribution is -2.36. The molecule has 0 radical (unpaired) electrons. The standard InChI is InChI=1S/C16H26BNO2/c1-13(2)11-18(16-5-3-4-6-16)12-14-7-9-15(10-8-14)17(19)20/h7-10,13,16,19-20H,3-6,11-12H2,1-2H3. The van der Waals surface area contributed by atoms with Gasteiger partial charge in [0.2, 0.25) is 0 Å². The van der Waals surface area contributed by atoms with E-state index in [1.807, 2.05) is 24.3 Å². The Labute approximate surface area is 122 Å². The lowest BCUT2D eigenvalue weighted by atomic mass is 9.80. The van der Waals surface area contributed by atoms with Gasteiger partial charge in [-0.1, -0.05) is 51.0 Å². The zero-order chi connectivity index (χ0) is 14.5. The molecule has 3 nitrogen and oxygen atoms in total. The molecule has 0 atom stereocenters. The van der Waals surface area contributed by atoms with E-state index in [-0.39, 0.29) is 0 Å². The molecule has 0 spiro atoms. The first kappa shape index (κ1) is 15.6. The molecule has 0 saturated heterocycles. The van der Waals surface area contributed by atoms with E-state index in [1.165, 1.54) is 31.2 Å². The first-order valence-corrected chi connectivity index (χ1v) is 7.75. The summed E-state index contributed by atoms with van der Waals surface area (Å²) in [5.41, 5.74) is 1.81. The second-order valence-electron chi connectivity index (χ2n) is 6.38. The highest BCUT2D eigenvalue weighted by Gasteiger charge is 2.23. The molecule has 1 saturated carbocycles. The number of nitrogens with zero attached hydrogens (tertiary/aromatic N) is 1. The summed E-state index contributed by atoms with van der Waals surface area (Å²) >= 11 is 0. The van der Waals surface area contributed by atoms with Gasteiger partial charge in [-0.2, -0.15) is 0 Å².